The number of rotatable bonds is 5. The Hall–Kier alpha value is -2.47. The van der Waals surface area contributed by atoms with E-state index in [4.69, 9.17) is 0 Å². The molecular weight excluding hydrogens is 314 g/mol. The van der Waals surface area contributed by atoms with Crippen LogP contribution in [0.1, 0.15) is 11.1 Å². The molecule has 2 aromatic rings. The molecule has 24 heavy (non-hydrogen) atoms. The lowest BCUT2D eigenvalue weighted by molar-refractivity contribution is -0.907. The van der Waals surface area contributed by atoms with Crippen LogP contribution >= 0.6 is 0 Å². The van der Waals surface area contributed by atoms with Gasteiger partial charge in [0.2, 0.25) is 0 Å². The number of anilines is 1. The molecule has 0 aliphatic carbocycles. The summed E-state index contributed by atoms with van der Waals surface area (Å²) in [7, 11) is 0. The fourth-order valence-electron chi connectivity index (χ4n) is 2.95. The lowest BCUT2D eigenvalue weighted by atomic mass is 10.00. The summed E-state index contributed by atoms with van der Waals surface area (Å²) in [4.78, 5) is 13.4. The van der Waals surface area contributed by atoms with E-state index in [1.807, 2.05) is 12.1 Å². The fourth-order valence-corrected chi connectivity index (χ4v) is 2.95. The molecule has 3 rings (SSSR count). The minimum Gasteiger partial charge on any atom is -0.435 e. The van der Waals surface area contributed by atoms with Crippen molar-refractivity contribution in [1.82, 2.24) is 0 Å². The molecule has 0 aromatic heterocycles. The van der Waals surface area contributed by atoms with E-state index in [0.29, 0.717) is 12.2 Å². The topological polar surface area (TPSA) is 42.8 Å². The molecule has 0 fully saturated rings. The molecule has 1 unspecified atom stereocenters. The Morgan fingerprint density at radius 3 is 2.54 bits per heavy atom. The van der Waals surface area contributed by atoms with E-state index in [0.717, 1.165) is 19.5 Å². The number of benzene rings is 2. The summed E-state index contributed by atoms with van der Waals surface area (Å²) in [6.45, 7) is -0.712. The predicted molar refractivity (Wildman–Crippen MR) is 86.3 cm³/mol. The maximum Gasteiger partial charge on any atom is 0.387 e. The van der Waals surface area contributed by atoms with Gasteiger partial charge in [-0.1, -0.05) is 24.3 Å². The van der Waals surface area contributed by atoms with Gasteiger partial charge >= 0.3 is 6.61 Å². The lowest BCUT2D eigenvalue weighted by Gasteiger charge is -2.25. The van der Waals surface area contributed by atoms with Crippen LogP contribution in [0.15, 0.2) is 48.5 Å². The number of carbonyl (C=O) groups is 1. The third-order valence-corrected chi connectivity index (χ3v) is 4.08. The summed E-state index contributed by atoms with van der Waals surface area (Å²) in [6.07, 6.45) is 0.971. The molecule has 0 saturated heterocycles. The first kappa shape index (κ1) is 16.4. The van der Waals surface area contributed by atoms with Crippen LogP contribution in [-0.2, 0) is 17.8 Å². The van der Waals surface area contributed by atoms with Gasteiger partial charge in [-0.05, 0) is 29.8 Å². The molecule has 0 radical (unpaired) electrons. The van der Waals surface area contributed by atoms with Gasteiger partial charge in [0.15, 0.2) is 6.54 Å². The number of alkyl halides is 2. The molecule has 2 N–H and O–H groups in total. The molecule has 2 aromatic carbocycles. The zero-order chi connectivity index (χ0) is 16.9. The first-order valence-electron chi connectivity index (χ1n) is 7.85. The number of carbonyl (C=O) groups excluding carboxylic acids is 1. The standard InChI is InChI=1S/C18H18F2N2O2/c19-18(20)24-16-7-5-15(6-8-16)21-17(23)12-22-10-9-13-3-1-2-4-14(13)11-22/h1-8,18H,9-12H2,(H,21,23)/p+1. The van der Waals surface area contributed by atoms with Gasteiger partial charge in [0.1, 0.15) is 12.3 Å². The zero-order valence-corrected chi connectivity index (χ0v) is 13.1. The van der Waals surface area contributed by atoms with E-state index >= 15 is 0 Å². The minimum absolute atomic E-state index is 0.0706. The Bertz CT molecular complexity index is 704. The van der Waals surface area contributed by atoms with Crippen molar-refractivity contribution < 1.29 is 23.2 Å². The van der Waals surface area contributed by atoms with Crippen molar-refractivity contribution in [2.75, 3.05) is 18.4 Å². The molecule has 1 aliphatic heterocycles. The van der Waals surface area contributed by atoms with Crippen molar-refractivity contribution in [1.29, 1.82) is 0 Å². The molecule has 1 heterocycles. The smallest absolute Gasteiger partial charge is 0.387 e. The van der Waals surface area contributed by atoms with E-state index in [2.05, 4.69) is 22.2 Å². The maximum atomic E-state index is 12.2. The molecule has 1 amide bonds. The van der Waals surface area contributed by atoms with Crippen LogP contribution < -0.4 is 15.0 Å². The number of hydrogen-bond acceptors (Lipinski definition) is 2. The van der Waals surface area contributed by atoms with Gasteiger partial charge in [0, 0.05) is 17.7 Å². The first-order valence-corrected chi connectivity index (χ1v) is 7.85. The highest BCUT2D eigenvalue weighted by atomic mass is 19.3. The van der Waals surface area contributed by atoms with Gasteiger partial charge in [-0.15, -0.1) is 0 Å². The van der Waals surface area contributed by atoms with Crippen molar-refractivity contribution in [2.45, 2.75) is 19.6 Å². The summed E-state index contributed by atoms with van der Waals surface area (Å²) in [5.74, 6) is -0.0202. The van der Waals surface area contributed by atoms with Crippen molar-refractivity contribution in [3.63, 3.8) is 0 Å². The Labute approximate surface area is 139 Å². The highest BCUT2D eigenvalue weighted by molar-refractivity contribution is 5.91. The Morgan fingerprint density at radius 2 is 1.83 bits per heavy atom. The van der Waals surface area contributed by atoms with Crippen LogP contribution in [0.5, 0.6) is 5.75 Å². The molecular formula is C18H19F2N2O2+. The lowest BCUT2D eigenvalue weighted by Crippen LogP contribution is -3.12. The summed E-state index contributed by atoms with van der Waals surface area (Å²) in [5.41, 5.74) is 3.22. The van der Waals surface area contributed by atoms with E-state index in [-0.39, 0.29) is 11.7 Å². The Morgan fingerprint density at radius 1 is 1.12 bits per heavy atom. The number of halogens is 2. The summed E-state index contributed by atoms with van der Waals surface area (Å²) in [5, 5.41) is 2.79. The second kappa shape index (κ2) is 7.40. The van der Waals surface area contributed by atoms with E-state index in [1.165, 1.54) is 28.2 Å². The molecule has 4 nitrogen and oxygen atoms in total. The van der Waals surface area contributed by atoms with E-state index < -0.39 is 6.61 Å². The van der Waals surface area contributed by atoms with Gasteiger partial charge in [-0.25, -0.2) is 0 Å². The number of nitrogens with one attached hydrogen (secondary N) is 2. The van der Waals surface area contributed by atoms with Crippen LogP contribution in [0, 0.1) is 0 Å². The summed E-state index contributed by atoms with van der Waals surface area (Å²) >= 11 is 0. The summed E-state index contributed by atoms with van der Waals surface area (Å²) in [6, 6.07) is 14.2. The van der Waals surface area contributed by atoms with Crippen LogP contribution in [0.25, 0.3) is 0 Å². The third kappa shape index (κ3) is 4.29. The van der Waals surface area contributed by atoms with Gasteiger partial charge < -0.3 is 15.0 Å². The van der Waals surface area contributed by atoms with Crippen LogP contribution in [0.4, 0.5) is 14.5 Å². The molecule has 1 atom stereocenters. The second-order valence-electron chi connectivity index (χ2n) is 5.82. The molecule has 0 saturated carbocycles. The highest BCUT2D eigenvalue weighted by Gasteiger charge is 2.21. The first-order chi connectivity index (χ1) is 11.6. The number of ether oxygens (including phenoxy) is 1. The SMILES string of the molecule is O=C(C[NH+]1CCc2ccccc2C1)Nc1ccc(OC(F)F)cc1. The largest absolute Gasteiger partial charge is 0.435 e. The van der Waals surface area contributed by atoms with E-state index in [1.54, 1.807) is 12.1 Å². The van der Waals surface area contributed by atoms with E-state index in [9.17, 15) is 13.6 Å². The maximum absolute atomic E-state index is 12.2. The molecule has 1 aliphatic rings. The van der Waals surface area contributed by atoms with Gasteiger partial charge in [0.25, 0.3) is 5.91 Å². The number of quaternary nitrogens is 1. The average molecular weight is 333 g/mol. The van der Waals surface area contributed by atoms with Gasteiger partial charge in [-0.2, -0.15) is 8.78 Å². The monoisotopic (exact) mass is 333 g/mol. The zero-order valence-electron chi connectivity index (χ0n) is 13.1. The third-order valence-electron chi connectivity index (χ3n) is 4.08. The van der Waals surface area contributed by atoms with Gasteiger partial charge in [-0.3, -0.25) is 4.79 Å². The predicted octanol–water partition coefficient (Wildman–Crippen LogP) is 1.87. The molecule has 0 spiro atoms. The van der Waals surface area contributed by atoms with Crippen LogP contribution in [-0.4, -0.2) is 25.6 Å². The quantitative estimate of drug-likeness (QED) is 0.877. The Balaban J connectivity index is 1.53. The van der Waals surface area contributed by atoms with Crippen molar-refractivity contribution in [3.8, 4) is 5.75 Å². The highest BCUT2D eigenvalue weighted by Crippen LogP contribution is 2.17. The van der Waals surface area contributed by atoms with Gasteiger partial charge in [0.05, 0.1) is 6.54 Å². The molecule has 126 valence electrons. The normalized spacial score (nSPS) is 16.5. The van der Waals surface area contributed by atoms with Crippen LogP contribution in [0.3, 0.4) is 0 Å². The Kier molecular flexibility index (Phi) is 5.05. The second-order valence-corrected chi connectivity index (χ2v) is 5.82. The number of fused-ring (bicyclic) bond motifs is 1. The number of amides is 1. The fraction of sp³-hybridized carbons (Fsp3) is 0.278. The molecule has 0 bridgehead atoms. The molecule has 6 heteroatoms. The van der Waals surface area contributed by atoms with Crippen molar-refractivity contribution in [2.24, 2.45) is 0 Å². The van der Waals surface area contributed by atoms with Crippen LogP contribution in [0.2, 0.25) is 0 Å². The minimum atomic E-state index is -2.85. The van der Waals surface area contributed by atoms with Crippen molar-refractivity contribution >= 4 is 11.6 Å². The summed E-state index contributed by atoms with van der Waals surface area (Å²) < 4.78 is 28.5. The average Bonchev–Trinajstić information content (AvgIpc) is 2.56. The van der Waals surface area contributed by atoms with Crippen molar-refractivity contribution in [3.05, 3.63) is 59.7 Å². The number of hydrogen-bond donors (Lipinski definition) is 2.